The number of hydrogen-bond acceptors (Lipinski definition) is 3. The van der Waals surface area contributed by atoms with Gasteiger partial charge in [-0.2, -0.15) is 0 Å². The van der Waals surface area contributed by atoms with Gasteiger partial charge < -0.3 is 10.7 Å². The van der Waals surface area contributed by atoms with Gasteiger partial charge in [0.2, 0.25) is 0 Å². The highest BCUT2D eigenvalue weighted by atomic mass is 32.1. The lowest BCUT2D eigenvalue weighted by Crippen LogP contribution is -2.28. The molecule has 0 unspecified atom stereocenters. The zero-order chi connectivity index (χ0) is 11.2. The molecule has 0 fully saturated rings. The van der Waals surface area contributed by atoms with Gasteiger partial charge in [-0.1, -0.05) is 26.1 Å². The number of Topliss-reactive ketones (excluding diaryl/α,β-unsaturated/α-hetero) is 1. The Kier molecular flexibility index (Phi) is 2.19. The Labute approximate surface area is 93.7 Å². The topological polar surface area (TPSA) is 58.9 Å². The Morgan fingerprint density at radius 1 is 1.47 bits per heavy atom. The first-order chi connectivity index (χ1) is 6.89. The van der Waals surface area contributed by atoms with E-state index in [-0.39, 0.29) is 11.2 Å². The summed E-state index contributed by atoms with van der Waals surface area (Å²) in [5.74, 6) is 0.152. The normalized spacial score (nSPS) is 18.7. The molecule has 2 rings (SSSR count). The molecule has 3 nitrogen and oxygen atoms in total. The van der Waals surface area contributed by atoms with Crippen molar-refractivity contribution in [3.63, 3.8) is 0 Å². The number of ketones is 1. The van der Waals surface area contributed by atoms with Crippen molar-refractivity contribution in [2.24, 2.45) is 5.41 Å². The van der Waals surface area contributed by atoms with Crippen molar-refractivity contribution in [3.8, 4) is 0 Å². The van der Waals surface area contributed by atoms with E-state index >= 15 is 0 Å². The quantitative estimate of drug-likeness (QED) is 0.663. The van der Waals surface area contributed by atoms with Crippen LogP contribution in [0.2, 0.25) is 0 Å². The van der Waals surface area contributed by atoms with E-state index in [1.54, 1.807) is 6.07 Å². The predicted molar refractivity (Wildman–Crippen MR) is 62.5 cm³/mol. The maximum atomic E-state index is 11.9. The van der Waals surface area contributed by atoms with Crippen LogP contribution in [0.25, 0.3) is 0 Å². The Balaban J connectivity index is 2.61. The summed E-state index contributed by atoms with van der Waals surface area (Å²) in [5.41, 5.74) is 7.82. The molecule has 0 aromatic carbocycles. The molecule has 0 saturated heterocycles. The monoisotopic (exact) mass is 222 g/mol. The van der Waals surface area contributed by atoms with Gasteiger partial charge in [-0.3, -0.25) is 4.79 Å². The van der Waals surface area contributed by atoms with Gasteiger partial charge in [-0.15, -0.1) is 0 Å². The largest absolute Gasteiger partial charge is 0.396 e. The molecule has 1 aromatic heterocycles. The molecule has 1 aliphatic rings. The Hall–Kier alpha value is -1.16. The number of aromatic nitrogens is 1. The molecule has 0 spiro atoms. The SMILES string of the molecule is CC1(C)CC(=O)c2cc(N)c(=S)[nH]c2C1. The smallest absolute Gasteiger partial charge is 0.165 e. The molecule has 0 aliphatic heterocycles. The maximum absolute atomic E-state index is 11.9. The van der Waals surface area contributed by atoms with E-state index in [9.17, 15) is 4.79 Å². The number of nitrogens with two attached hydrogens (primary N) is 1. The zero-order valence-corrected chi connectivity index (χ0v) is 9.70. The first-order valence-corrected chi connectivity index (χ1v) is 5.35. The number of aromatic amines is 1. The first kappa shape index (κ1) is 10.4. The lowest BCUT2D eigenvalue weighted by atomic mass is 9.75. The van der Waals surface area contributed by atoms with Crippen LogP contribution in [0, 0.1) is 10.1 Å². The van der Waals surface area contributed by atoms with Crippen molar-refractivity contribution >= 4 is 23.7 Å². The van der Waals surface area contributed by atoms with Crippen LogP contribution in [0.5, 0.6) is 0 Å². The summed E-state index contributed by atoms with van der Waals surface area (Å²) in [4.78, 5) is 14.9. The predicted octanol–water partition coefficient (Wildman–Crippen LogP) is 2.48. The van der Waals surface area contributed by atoms with Crippen LogP contribution in [0.4, 0.5) is 5.69 Å². The fourth-order valence-electron chi connectivity index (χ4n) is 2.04. The highest BCUT2D eigenvalue weighted by Gasteiger charge is 2.31. The number of pyridine rings is 1. The molecule has 1 aromatic rings. The van der Waals surface area contributed by atoms with Crippen LogP contribution < -0.4 is 5.73 Å². The maximum Gasteiger partial charge on any atom is 0.165 e. The van der Waals surface area contributed by atoms with Crippen LogP contribution in [0.15, 0.2) is 6.07 Å². The van der Waals surface area contributed by atoms with Crippen LogP contribution >= 0.6 is 12.2 Å². The number of hydrogen-bond donors (Lipinski definition) is 2. The Morgan fingerprint density at radius 3 is 2.80 bits per heavy atom. The molecule has 1 aliphatic carbocycles. The number of nitrogens with one attached hydrogen (secondary N) is 1. The fraction of sp³-hybridized carbons (Fsp3) is 0.455. The molecule has 4 heteroatoms. The lowest BCUT2D eigenvalue weighted by Gasteiger charge is -2.29. The molecule has 3 N–H and O–H groups in total. The van der Waals surface area contributed by atoms with Crippen molar-refractivity contribution in [3.05, 3.63) is 22.0 Å². The second-order valence-electron chi connectivity index (χ2n) is 4.89. The average molecular weight is 222 g/mol. The van der Waals surface area contributed by atoms with E-state index in [1.807, 2.05) is 0 Å². The van der Waals surface area contributed by atoms with Crippen LogP contribution in [0.3, 0.4) is 0 Å². The van der Waals surface area contributed by atoms with Gasteiger partial charge in [0.25, 0.3) is 0 Å². The minimum atomic E-state index is 0.0124. The minimum Gasteiger partial charge on any atom is -0.396 e. The van der Waals surface area contributed by atoms with E-state index in [4.69, 9.17) is 18.0 Å². The van der Waals surface area contributed by atoms with Crippen molar-refractivity contribution in [2.75, 3.05) is 5.73 Å². The van der Waals surface area contributed by atoms with E-state index < -0.39 is 0 Å². The fourth-order valence-corrected chi connectivity index (χ4v) is 2.23. The van der Waals surface area contributed by atoms with Gasteiger partial charge in [0, 0.05) is 17.7 Å². The summed E-state index contributed by atoms with van der Waals surface area (Å²) in [5, 5.41) is 0. The van der Waals surface area contributed by atoms with Gasteiger partial charge in [0.15, 0.2) is 5.78 Å². The van der Waals surface area contributed by atoms with Crippen LogP contribution in [-0.2, 0) is 6.42 Å². The second-order valence-corrected chi connectivity index (χ2v) is 5.30. The average Bonchev–Trinajstić information content (AvgIpc) is 2.07. The molecule has 0 radical (unpaired) electrons. The summed E-state index contributed by atoms with van der Waals surface area (Å²) in [6.45, 7) is 4.17. The lowest BCUT2D eigenvalue weighted by molar-refractivity contribution is 0.0910. The number of fused-ring (bicyclic) bond motifs is 1. The highest BCUT2D eigenvalue weighted by Crippen LogP contribution is 2.34. The summed E-state index contributed by atoms with van der Waals surface area (Å²) < 4.78 is 0.527. The molecule has 0 saturated carbocycles. The van der Waals surface area contributed by atoms with Gasteiger partial charge in [0.1, 0.15) is 4.64 Å². The standard InChI is InChI=1S/C11H14N2OS/c1-11(2)4-8-6(9(14)5-11)3-7(12)10(15)13-8/h3H,4-5,12H2,1-2H3,(H,13,15). The first-order valence-electron chi connectivity index (χ1n) is 4.94. The van der Waals surface area contributed by atoms with Crippen molar-refractivity contribution in [1.82, 2.24) is 4.98 Å². The molecule has 0 bridgehead atoms. The van der Waals surface area contributed by atoms with Gasteiger partial charge in [-0.05, 0) is 17.9 Å². The molecule has 0 atom stereocenters. The molecule has 0 amide bonds. The van der Waals surface area contributed by atoms with E-state index in [2.05, 4.69) is 18.8 Å². The molecular formula is C11H14N2OS. The summed E-state index contributed by atoms with van der Waals surface area (Å²) in [6.07, 6.45) is 1.42. The number of H-pyrrole nitrogens is 1. The Morgan fingerprint density at radius 2 is 2.13 bits per heavy atom. The van der Waals surface area contributed by atoms with Gasteiger partial charge in [0.05, 0.1) is 5.69 Å². The highest BCUT2D eigenvalue weighted by molar-refractivity contribution is 7.71. The zero-order valence-electron chi connectivity index (χ0n) is 8.89. The Bertz CT molecular complexity index is 488. The van der Waals surface area contributed by atoms with Crippen LogP contribution in [0.1, 0.15) is 36.3 Å². The molecule has 80 valence electrons. The summed E-state index contributed by atoms with van der Waals surface area (Å²) >= 11 is 5.06. The number of anilines is 1. The number of carbonyl (C=O) groups excluding carboxylic acids is 1. The van der Waals surface area contributed by atoms with Crippen LogP contribution in [-0.4, -0.2) is 10.8 Å². The van der Waals surface area contributed by atoms with Crippen molar-refractivity contribution < 1.29 is 4.79 Å². The van der Waals surface area contributed by atoms with Gasteiger partial charge in [-0.25, -0.2) is 0 Å². The number of carbonyl (C=O) groups is 1. The van der Waals surface area contributed by atoms with E-state index in [1.165, 1.54) is 0 Å². The summed E-state index contributed by atoms with van der Waals surface area (Å²) in [7, 11) is 0. The molecular weight excluding hydrogens is 208 g/mol. The number of rotatable bonds is 0. The van der Waals surface area contributed by atoms with Gasteiger partial charge >= 0.3 is 0 Å². The third-order valence-corrected chi connectivity index (χ3v) is 3.08. The minimum absolute atomic E-state index is 0.0124. The second kappa shape index (κ2) is 3.17. The van der Waals surface area contributed by atoms with E-state index in [0.29, 0.717) is 22.3 Å². The van der Waals surface area contributed by atoms with E-state index in [0.717, 1.165) is 12.1 Å². The van der Waals surface area contributed by atoms with Crippen molar-refractivity contribution in [2.45, 2.75) is 26.7 Å². The molecule has 15 heavy (non-hydrogen) atoms. The summed E-state index contributed by atoms with van der Waals surface area (Å²) in [6, 6.07) is 1.70. The third-order valence-electron chi connectivity index (χ3n) is 2.75. The third kappa shape index (κ3) is 1.81. The number of nitrogen functional groups attached to an aromatic ring is 1. The van der Waals surface area contributed by atoms with Crippen molar-refractivity contribution in [1.29, 1.82) is 0 Å². The molecule has 1 heterocycles.